The number of nitrogens with one attached hydrogen (secondary N) is 1. The van der Waals surface area contributed by atoms with Crippen LogP contribution >= 0.6 is 23.1 Å². The molecule has 1 amide bonds. The lowest BCUT2D eigenvalue weighted by Crippen LogP contribution is -2.08. The average molecular weight is 1360 g/mol. The predicted molar refractivity (Wildman–Crippen MR) is 309 cm³/mol. The Balaban J connectivity index is 0.00000142. The molecule has 0 radical (unpaired) electrons. The van der Waals surface area contributed by atoms with Gasteiger partial charge >= 0.3 is 21.2 Å². The van der Waals surface area contributed by atoms with Crippen molar-refractivity contribution < 1.29 is 96.9 Å². The summed E-state index contributed by atoms with van der Waals surface area (Å²) in [6, 6.07) is 17.0. The lowest BCUT2D eigenvalue weighted by Gasteiger charge is -2.12. The highest BCUT2D eigenvalue weighted by molar-refractivity contribution is 7.99. The van der Waals surface area contributed by atoms with Crippen LogP contribution in [0.3, 0.4) is 0 Å². The molecule has 0 bridgehead atoms. The number of pyridine rings is 1. The van der Waals surface area contributed by atoms with Crippen molar-refractivity contribution in [1.82, 2.24) is 14.4 Å². The van der Waals surface area contributed by atoms with Crippen LogP contribution in [0.15, 0.2) is 112 Å². The van der Waals surface area contributed by atoms with Gasteiger partial charge in [-0.3, -0.25) is 27.4 Å². The molecule has 87 heavy (non-hydrogen) atoms. The number of hydrogen-bond donors (Lipinski definition) is 7. The number of para-hydroxylation sites is 1. The van der Waals surface area contributed by atoms with Gasteiger partial charge in [0.05, 0.1) is 62.6 Å². The topological polar surface area (TPSA) is 527 Å². The summed E-state index contributed by atoms with van der Waals surface area (Å²) in [5.74, 6) is -2.05. The quantitative estimate of drug-likeness (QED) is 0.0167. The number of aromatic hydroxyl groups is 1. The summed E-state index contributed by atoms with van der Waals surface area (Å²) in [5, 5.41) is 61.3. The fraction of sp³-hybridized carbons (Fsp3) is 0.217. The number of aryl methyl sites for hydroxylation is 1. The molecule has 7 N–H and O–H groups in total. The molecule has 0 unspecified atom stereocenters. The van der Waals surface area contributed by atoms with Crippen LogP contribution in [0.2, 0.25) is 0 Å². The van der Waals surface area contributed by atoms with Crippen LogP contribution in [-0.2, 0) is 73.1 Å². The minimum atomic E-state index is -4.91. The second-order valence-electron chi connectivity index (χ2n) is 17.5. The van der Waals surface area contributed by atoms with Gasteiger partial charge in [0.25, 0.3) is 40.5 Å². The second-order valence-corrected chi connectivity index (χ2v) is 26.4. The number of fused-ring (bicyclic) bond motifs is 6. The minimum absolute atomic E-state index is 0.0104. The molecule has 0 fully saturated rings. The molecular weight excluding hydrogens is 1320 g/mol. The van der Waals surface area contributed by atoms with E-state index in [-0.39, 0.29) is 124 Å². The number of ether oxygens (including phenoxy) is 1. The SMILES string of the molecule is CC(=O)Nc1cccc2c1nc1c(C#N)c(C)c(N=Nc3cc(C)c(N=Nc4cc(CO)c(N=Nc5nc6c(S(=O)(=O)O)cc7ccc(S(=O)(=O)O)cc7c6s5)cc4SCCCS(=O)(=O)O)cc3OCCCS(=O)(=O)O)c(O)n12.O=S(=O)=O.O=S(=O)=O. The average Bonchev–Trinajstić information content (AvgIpc) is 1.66. The van der Waals surface area contributed by atoms with Crippen molar-refractivity contribution in [1.29, 1.82) is 5.26 Å². The Morgan fingerprint density at radius 1 is 0.759 bits per heavy atom. The number of nitrogens with zero attached hydrogens (tertiary/aromatic N) is 10. The number of carbonyl (C=O) groups excluding carboxylic acids is 1. The Morgan fingerprint density at radius 2 is 1.39 bits per heavy atom. The number of amides is 1. The molecular formula is C46H41N11O22S8. The van der Waals surface area contributed by atoms with Gasteiger partial charge in [0.2, 0.25) is 16.9 Å². The molecule has 8 aromatic rings. The van der Waals surface area contributed by atoms with Gasteiger partial charge in [-0.25, -0.2) is 9.97 Å². The highest BCUT2D eigenvalue weighted by Gasteiger charge is 2.25. The molecule has 5 aromatic carbocycles. The Labute approximate surface area is 502 Å². The molecule has 0 aliphatic rings. The van der Waals surface area contributed by atoms with Gasteiger partial charge < -0.3 is 20.3 Å². The summed E-state index contributed by atoms with van der Waals surface area (Å²) in [7, 11) is -24.6. The van der Waals surface area contributed by atoms with Crippen molar-refractivity contribution >= 4 is 168 Å². The third kappa shape index (κ3) is 17.9. The molecule has 0 saturated heterocycles. The fourth-order valence-electron chi connectivity index (χ4n) is 7.84. The number of aliphatic hydroxyl groups is 1. The lowest BCUT2D eigenvalue weighted by molar-refractivity contribution is -0.114. The molecule has 33 nitrogen and oxygen atoms in total. The van der Waals surface area contributed by atoms with Gasteiger partial charge in [0, 0.05) is 34.4 Å². The van der Waals surface area contributed by atoms with Crippen LogP contribution in [0.4, 0.5) is 39.3 Å². The third-order valence-corrected chi connectivity index (χ3v) is 16.9. The number of azo groups is 3. The maximum absolute atomic E-state index is 12.5. The van der Waals surface area contributed by atoms with Crippen molar-refractivity contribution in [2.24, 2.45) is 30.7 Å². The molecule has 460 valence electrons. The number of aliphatic hydroxyl groups excluding tert-OH is 1. The number of nitriles is 1. The first-order valence-electron chi connectivity index (χ1n) is 23.6. The smallest absolute Gasteiger partial charge is 0.425 e. The van der Waals surface area contributed by atoms with E-state index in [9.17, 15) is 72.2 Å². The standard InChI is InChI=1S/C46H41N11O16S6.2O3S/c1-23-15-34(53-55-40-24(2)30(21-47)44-49-41-31(48-25(3)59)7-4-8-36(41)57(44)45(40)60)37(73-11-5-13-76(61,62)63)19-32(23)51-54-35-16-27(22-58)33(20-38(35)74-12-6-14-77(64,65)66)52-56-46-50-42-39(79(70,71)72)17-26-9-10-28(78(67,68)69)18-29(26)43(42)75-46;2*1-4(2)3/h4,7-10,15-20,58,60H,5-6,11-14,22H2,1-3H3,(H,48,59)(H,61,62,63)(H,64,65,66)(H,67,68,69)(H,70,71,72);;. The molecule has 0 aliphatic carbocycles. The fourth-order valence-corrected chi connectivity index (χ4v) is 12.1. The first-order valence-corrected chi connectivity index (χ1v) is 33.5. The van der Waals surface area contributed by atoms with Crippen molar-refractivity contribution in [3.05, 3.63) is 89.0 Å². The first kappa shape index (κ1) is 67.9. The largest absolute Gasteiger partial charge is 0.493 e. The monoisotopic (exact) mass is 1360 g/mol. The Morgan fingerprint density at radius 3 is 2.00 bits per heavy atom. The summed E-state index contributed by atoms with van der Waals surface area (Å²) in [6.45, 7) is 3.49. The lowest BCUT2D eigenvalue weighted by atomic mass is 10.1. The number of hydrogen-bond acceptors (Lipinski definition) is 29. The highest BCUT2D eigenvalue weighted by Crippen LogP contribution is 2.44. The van der Waals surface area contributed by atoms with Crippen LogP contribution in [0.1, 0.15) is 42.0 Å². The summed E-state index contributed by atoms with van der Waals surface area (Å²) in [6.07, 6.45) is -0.218. The van der Waals surface area contributed by atoms with Crippen LogP contribution in [0.25, 0.3) is 37.7 Å². The molecule has 0 atom stereocenters. The van der Waals surface area contributed by atoms with Gasteiger partial charge in [-0.2, -0.15) is 44.0 Å². The normalized spacial score (nSPS) is 12.2. The third-order valence-electron chi connectivity index (χ3n) is 11.4. The number of aromatic nitrogens is 3. The van der Waals surface area contributed by atoms with Crippen molar-refractivity contribution in [2.75, 3.05) is 29.2 Å². The first-order chi connectivity index (χ1) is 40.6. The Hall–Kier alpha value is -8.25. The zero-order valence-corrected chi connectivity index (χ0v) is 50.8. The maximum atomic E-state index is 12.5. The van der Waals surface area contributed by atoms with Gasteiger partial charge in [-0.15, -0.1) is 62.6 Å². The van der Waals surface area contributed by atoms with E-state index >= 15 is 0 Å². The number of rotatable bonds is 20. The zero-order valence-electron chi connectivity index (χ0n) is 44.3. The number of anilines is 1. The van der Waals surface area contributed by atoms with E-state index in [2.05, 4.69) is 52.0 Å². The molecule has 8 rings (SSSR count). The van der Waals surface area contributed by atoms with E-state index in [1.807, 2.05) is 0 Å². The molecule has 3 aromatic heterocycles. The van der Waals surface area contributed by atoms with Gasteiger partial charge in [-0.05, 0) is 91.9 Å². The predicted octanol–water partition coefficient (Wildman–Crippen LogP) is 7.65. The van der Waals surface area contributed by atoms with E-state index < -0.39 is 95.5 Å². The summed E-state index contributed by atoms with van der Waals surface area (Å²) in [4.78, 5) is 19.9. The Kier molecular flexibility index (Phi) is 21.9. The van der Waals surface area contributed by atoms with Crippen LogP contribution < -0.4 is 10.1 Å². The number of benzene rings is 5. The van der Waals surface area contributed by atoms with E-state index in [0.717, 1.165) is 41.3 Å². The highest BCUT2D eigenvalue weighted by atomic mass is 32.2. The van der Waals surface area contributed by atoms with Crippen molar-refractivity contribution in [3.8, 4) is 17.7 Å². The van der Waals surface area contributed by atoms with E-state index in [0.29, 0.717) is 16.8 Å². The van der Waals surface area contributed by atoms with Gasteiger partial charge in [0.15, 0.2) is 11.3 Å². The number of thiazole rings is 1. The summed E-state index contributed by atoms with van der Waals surface area (Å²) < 4.78 is 192. The van der Waals surface area contributed by atoms with E-state index in [1.54, 1.807) is 25.1 Å². The van der Waals surface area contributed by atoms with Gasteiger partial charge in [0.1, 0.15) is 39.0 Å². The number of imidazole rings is 1. The number of carbonyl (C=O) groups is 1. The second kappa shape index (κ2) is 28.1. The van der Waals surface area contributed by atoms with Crippen LogP contribution in [0.5, 0.6) is 11.6 Å². The molecule has 41 heteroatoms. The van der Waals surface area contributed by atoms with Crippen molar-refractivity contribution in [3.63, 3.8) is 0 Å². The molecule has 0 aliphatic heterocycles. The molecule has 0 saturated carbocycles. The summed E-state index contributed by atoms with van der Waals surface area (Å²) in [5.41, 5.74) is 1.55. The van der Waals surface area contributed by atoms with Crippen molar-refractivity contribution in [2.45, 2.75) is 54.9 Å². The number of thioether (sulfide) groups is 1. The Bertz CT molecular complexity index is 4920. The van der Waals surface area contributed by atoms with E-state index in [1.165, 1.54) is 48.6 Å². The van der Waals surface area contributed by atoms with Crippen LogP contribution in [-0.4, -0.2) is 131 Å². The molecule has 3 heterocycles. The zero-order chi connectivity index (χ0) is 64.5. The maximum Gasteiger partial charge on any atom is 0.425 e. The molecule has 0 spiro atoms. The van der Waals surface area contributed by atoms with Crippen LogP contribution in [0, 0.1) is 25.2 Å². The van der Waals surface area contributed by atoms with Gasteiger partial charge in [-0.1, -0.05) is 23.5 Å². The van der Waals surface area contributed by atoms with E-state index in [4.69, 9.17) is 30.0 Å². The summed E-state index contributed by atoms with van der Waals surface area (Å²) >= 11 is 1.81. The minimum Gasteiger partial charge on any atom is -0.493 e.